The van der Waals surface area contributed by atoms with Crippen molar-refractivity contribution in [2.24, 2.45) is 153 Å². The first kappa shape index (κ1) is 72.9. The van der Waals surface area contributed by atoms with Gasteiger partial charge in [-0.3, -0.25) is 14.7 Å². The maximum absolute atomic E-state index is 4.05. The van der Waals surface area contributed by atoms with Crippen LogP contribution in [0.3, 0.4) is 0 Å². The highest BCUT2D eigenvalue weighted by Gasteiger charge is 2.71. The number of fused-ring (bicyclic) bond motifs is 9. The van der Waals surface area contributed by atoms with E-state index in [4.69, 9.17) is 0 Å². The summed E-state index contributed by atoms with van der Waals surface area (Å²) in [7, 11) is 0. The Bertz CT molecular complexity index is 2730. The lowest BCUT2D eigenvalue weighted by Gasteiger charge is -2.73. The van der Waals surface area contributed by atoms with Gasteiger partial charge in [0.25, 0.3) is 0 Å². The van der Waals surface area contributed by atoms with Crippen molar-refractivity contribution in [3.05, 3.63) is 0 Å². The molecule has 0 aromatic heterocycles. The fourth-order valence-corrected chi connectivity index (χ4v) is 38.2. The quantitative estimate of drug-likeness (QED) is 0.213. The third kappa shape index (κ3) is 13.0. The molecule has 27 unspecified atom stereocenters. The monoisotopic (exact) mass is 1420 g/mol. The van der Waals surface area contributed by atoms with Crippen LogP contribution in [0.15, 0.2) is 0 Å². The molecular weight excluding hydrogens is 1250 g/mol. The molecule has 0 aromatic rings. The van der Waals surface area contributed by atoms with E-state index in [9.17, 15) is 0 Å². The fourth-order valence-electron chi connectivity index (χ4n) is 38.2. The Morgan fingerprint density at radius 1 is 0.212 bits per heavy atom. The molecule has 17 saturated carbocycles. The largest absolute Gasteiger partial charge is 0.295 e. The molecular formula is C100H166BN3. The lowest BCUT2D eigenvalue weighted by atomic mass is 9.17. The van der Waals surface area contributed by atoms with Gasteiger partial charge in [0.05, 0.1) is 0 Å². The summed E-state index contributed by atoms with van der Waals surface area (Å²) in [6.07, 6.45) is 88.8. The van der Waals surface area contributed by atoms with Crippen LogP contribution in [0.2, 0.25) is 17.5 Å². The van der Waals surface area contributed by atoms with Crippen molar-refractivity contribution in [1.29, 1.82) is 0 Å². The SMILES string of the molecule is CC(C)(C)C1CC(C2CCCCC2)C(N2C3CCC(C4CCCCC4)CC3B3C4CC(C5CCC6CCCC7C8CCCC9CCCC(C98)C5C67)CCC4N(C4C(C5CCCCC5)CC(C(C)(C)C)CC4C4CCCCC4)C4CC(N5C6CCCCC6C6CCCCC65)CC2C34)C(C2CCCCC2)C1. The van der Waals surface area contributed by atoms with Gasteiger partial charge in [-0.2, -0.15) is 0 Å². The number of rotatable bonds is 9. The van der Waals surface area contributed by atoms with Crippen molar-refractivity contribution in [2.45, 2.75) is 473 Å². The van der Waals surface area contributed by atoms with Crippen LogP contribution >= 0.6 is 0 Å². The van der Waals surface area contributed by atoms with Gasteiger partial charge in [0.1, 0.15) is 0 Å². The Balaban J connectivity index is 0.794. The van der Waals surface area contributed by atoms with E-state index in [2.05, 4.69) is 56.2 Å². The average molecular weight is 1420 g/mol. The van der Waals surface area contributed by atoms with Crippen molar-refractivity contribution in [2.75, 3.05) is 0 Å². The molecule has 0 spiro atoms. The molecule has 104 heavy (non-hydrogen) atoms. The van der Waals surface area contributed by atoms with Crippen LogP contribution in [0.5, 0.6) is 0 Å². The predicted molar refractivity (Wildman–Crippen MR) is 438 cm³/mol. The van der Waals surface area contributed by atoms with Gasteiger partial charge in [-0.25, -0.2) is 0 Å². The first-order valence-corrected chi connectivity index (χ1v) is 50.2. The minimum absolute atomic E-state index is 0.401. The lowest BCUT2D eigenvalue weighted by Crippen LogP contribution is -2.78. The second-order valence-electron chi connectivity index (χ2n) is 47.4. The molecule has 3 heterocycles. The molecule has 20 fully saturated rings. The molecule has 20 rings (SSSR count). The molecule has 584 valence electrons. The fraction of sp³-hybridized carbons (Fsp3) is 1.00. The zero-order valence-corrected chi connectivity index (χ0v) is 69.3. The number of hydrogen-bond acceptors (Lipinski definition) is 3. The molecule has 4 heteroatoms. The molecule has 3 saturated heterocycles. The van der Waals surface area contributed by atoms with Crippen molar-refractivity contribution in [3.8, 4) is 0 Å². The smallest absolute Gasteiger partial charge is 0.156 e. The minimum Gasteiger partial charge on any atom is -0.295 e. The van der Waals surface area contributed by atoms with Gasteiger partial charge in [0.2, 0.25) is 0 Å². The van der Waals surface area contributed by atoms with Crippen LogP contribution in [0.4, 0.5) is 0 Å². The maximum Gasteiger partial charge on any atom is 0.156 e. The average Bonchev–Trinajstić information content (AvgIpc) is 1.61. The van der Waals surface area contributed by atoms with Crippen LogP contribution in [0.25, 0.3) is 0 Å². The summed E-state index contributed by atoms with van der Waals surface area (Å²) < 4.78 is 0. The van der Waals surface area contributed by atoms with E-state index in [0.717, 1.165) is 221 Å². The third-order valence-corrected chi connectivity index (χ3v) is 41.8. The molecule has 0 radical (unpaired) electrons. The Hall–Kier alpha value is -0.0551. The molecule has 20 aliphatic rings. The molecule has 0 bridgehead atoms. The lowest BCUT2D eigenvalue weighted by molar-refractivity contribution is -0.169. The van der Waals surface area contributed by atoms with Gasteiger partial charge in [0.15, 0.2) is 6.71 Å². The topological polar surface area (TPSA) is 9.72 Å². The third-order valence-electron chi connectivity index (χ3n) is 41.8. The molecule has 0 amide bonds. The Morgan fingerprint density at radius 3 is 1.02 bits per heavy atom. The number of nitrogens with zero attached hydrogens (tertiary/aromatic N) is 3. The summed E-state index contributed by atoms with van der Waals surface area (Å²) in [5, 5.41) is 0. The Labute approximate surface area is 643 Å². The first-order valence-electron chi connectivity index (χ1n) is 50.2. The highest BCUT2D eigenvalue weighted by Crippen LogP contribution is 2.72. The van der Waals surface area contributed by atoms with E-state index in [1.807, 2.05) is 0 Å². The highest BCUT2D eigenvalue weighted by molar-refractivity contribution is 6.65. The van der Waals surface area contributed by atoms with Gasteiger partial charge >= 0.3 is 0 Å². The predicted octanol–water partition coefficient (Wildman–Crippen LogP) is 26.8. The van der Waals surface area contributed by atoms with Gasteiger partial charge in [-0.15, -0.1) is 0 Å². The zero-order valence-electron chi connectivity index (χ0n) is 69.3. The van der Waals surface area contributed by atoms with Crippen molar-refractivity contribution >= 4 is 6.71 Å². The second-order valence-corrected chi connectivity index (χ2v) is 47.4. The van der Waals surface area contributed by atoms with Crippen LogP contribution in [-0.2, 0) is 0 Å². The summed E-state index contributed by atoms with van der Waals surface area (Å²) >= 11 is 0. The standard InChI is InChI=1S/C100H166BN3/c1-99(2,3)72-57-81(64-31-14-8-15-32-64)97(82(58-72)65-33-16-9-17-34-65)103-89-53-50-70(63-29-12-7-13-30-63)55-85(89)101-86-56-71(75-52-49-69-41-27-45-79-78-44-26-39-68-40-28-46-80(93(68)78)95(75)94(69)79)51-54-90(86)104(92-62-74(61-91(103)96(92)101)102-87-47-24-22-42-76(87)77-43-23-25-48-88(77)102)98-83(66-35-18-10-19-36-66)59-73(100(4,5)6)60-84(98)67-37-20-11-21-38-67/h63-98H,7-62H2,1-6H3. The van der Waals surface area contributed by atoms with E-state index in [1.165, 1.54) is 44.9 Å². The van der Waals surface area contributed by atoms with Crippen molar-refractivity contribution in [1.82, 2.24) is 14.7 Å². The van der Waals surface area contributed by atoms with Gasteiger partial charge in [0, 0.05) is 54.4 Å². The second kappa shape index (κ2) is 30.3. The highest BCUT2D eigenvalue weighted by atomic mass is 15.3. The molecule has 3 aliphatic heterocycles. The summed E-state index contributed by atoms with van der Waals surface area (Å²) in [6.45, 7) is 17.7. The molecule has 27 atom stereocenters. The first-order chi connectivity index (χ1) is 50.9. The molecule has 0 N–H and O–H groups in total. The summed E-state index contributed by atoms with van der Waals surface area (Å²) in [5.74, 6) is 27.2. The maximum atomic E-state index is 4.05. The molecule has 17 aliphatic carbocycles. The normalized spacial score (nSPS) is 50.7. The summed E-state index contributed by atoms with van der Waals surface area (Å²) in [5.41, 5.74) is 0.804. The van der Waals surface area contributed by atoms with Crippen LogP contribution in [0.1, 0.15) is 401 Å². The van der Waals surface area contributed by atoms with E-state index in [-0.39, 0.29) is 0 Å². The number of likely N-dealkylation sites (tertiary alicyclic amines) is 1. The van der Waals surface area contributed by atoms with Crippen molar-refractivity contribution < 1.29 is 0 Å². The van der Waals surface area contributed by atoms with E-state index < -0.39 is 0 Å². The van der Waals surface area contributed by atoms with E-state index in [1.54, 1.807) is 315 Å². The van der Waals surface area contributed by atoms with Gasteiger partial charge in [-0.05, 0) is 292 Å². The molecule has 0 aromatic carbocycles. The minimum atomic E-state index is 0.401. The molecule has 3 nitrogen and oxygen atoms in total. The Morgan fingerprint density at radius 2 is 0.567 bits per heavy atom. The zero-order chi connectivity index (χ0) is 69.7. The van der Waals surface area contributed by atoms with Crippen LogP contribution in [0, 0.1) is 153 Å². The van der Waals surface area contributed by atoms with Gasteiger partial charge in [-0.1, -0.05) is 279 Å². The van der Waals surface area contributed by atoms with Gasteiger partial charge < -0.3 is 0 Å². The Kier molecular flexibility index (Phi) is 21.2. The number of hydrogen-bond donors (Lipinski definition) is 0. The van der Waals surface area contributed by atoms with Crippen molar-refractivity contribution in [3.63, 3.8) is 0 Å². The summed E-state index contributed by atoms with van der Waals surface area (Å²) in [6, 6.07) is 7.62. The van der Waals surface area contributed by atoms with Crippen LogP contribution in [-0.4, -0.2) is 75.8 Å². The van der Waals surface area contributed by atoms with E-state index in [0.29, 0.717) is 10.8 Å². The van der Waals surface area contributed by atoms with E-state index >= 15 is 0 Å². The summed E-state index contributed by atoms with van der Waals surface area (Å²) in [4.78, 5) is 11.8. The van der Waals surface area contributed by atoms with Crippen LogP contribution < -0.4 is 0 Å².